The zero-order valence-electron chi connectivity index (χ0n) is 8.37. The molecule has 14 heavy (non-hydrogen) atoms. The van der Waals surface area contributed by atoms with E-state index in [0.717, 1.165) is 12.8 Å². The van der Waals surface area contributed by atoms with Crippen LogP contribution in [0.1, 0.15) is 19.8 Å². The second-order valence-electron chi connectivity index (χ2n) is 3.69. The van der Waals surface area contributed by atoms with Gasteiger partial charge in [0.1, 0.15) is 0 Å². The van der Waals surface area contributed by atoms with Gasteiger partial charge in [0.25, 0.3) is 10.2 Å². The molecule has 4 nitrogen and oxygen atoms in total. The van der Waals surface area contributed by atoms with Crippen LogP contribution in [-0.4, -0.2) is 38.2 Å². The van der Waals surface area contributed by atoms with Crippen molar-refractivity contribution in [1.29, 1.82) is 0 Å². The van der Waals surface area contributed by atoms with E-state index in [-0.39, 0.29) is 0 Å². The van der Waals surface area contributed by atoms with Gasteiger partial charge in [-0.25, -0.2) is 4.72 Å². The minimum atomic E-state index is -3.28. The SMILES string of the molecule is CC1CCCN(S(=O)(=O)NCCCl)C1. The van der Waals surface area contributed by atoms with Crippen molar-refractivity contribution in [3.8, 4) is 0 Å². The molecule has 0 amide bonds. The van der Waals surface area contributed by atoms with Gasteiger partial charge in [0.15, 0.2) is 0 Å². The Morgan fingerprint density at radius 2 is 2.29 bits per heavy atom. The van der Waals surface area contributed by atoms with Gasteiger partial charge in [-0.15, -0.1) is 11.6 Å². The highest BCUT2D eigenvalue weighted by atomic mass is 35.5. The van der Waals surface area contributed by atoms with Gasteiger partial charge in [-0.2, -0.15) is 12.7 Å². The Kier molecular flexibility index (Phi) is 4.63. The van der Waals surface area contributed by atoms with Crippen molar-refractivity contribution in [2.45, 2.75) is 19.8 Å². The van der Waals surface area contributed by atoms with Gasteiger partial charge >= 0.3 is 0 Å². The van der Waals surface area contributed by atoms with Crippen LogP contribution in [0.2, 0.25) is 0 Å². The van der Waals surface area contributed by atoms with Crippen LogP contribution in [0.25, 0.3) is 0 Å². The van der Waals surface area contributed by atoms with Crippen LogP contribution in [-0.2, 0) is 10.2 Å². The van der Waals surface area contributed by atoms with Gasteiger partial charge in [-0.1, -0.05) is 6.92 Å². The lowest BCUT2D eigenvalue weighted by Gasteiger charge is -2.29. The van der Waals surface area contributed by atoms with Crippen molar-refractivity contribution >= 4 is 21.8 Å². The van der Waals surface area contributed by atoms with Crippen molar-refractivity contribution in [1.82, 2.24) is 9.03 Å². The molecule has 0 aromatic carbocycles. The van der Waals surface area contributed by atoms with E-state index in [9.17, 15) is 8.42 Å². The molecule has 0 aromatic heterocycles. The van der Waals surface area contributed by atoms with Crippen LogP contribution in [0, 0.1) is 5.92 Å². The Balaban J connectivity index is 2.53. The van der Waals surface area contributed by atoms with E-state index in [1.54, 1.807) is 0 Å². The predicted molar refractivity (Wildman–Crippen MR) is 57.6 cm³/mol. The number of rotatable bonds is 4. The molecule has 1 heterocycles. The normalized spacial score (nSPS) is 25.1. The maximum atomic E-state index is 11.6. The molecule has 1 fully saturated rings. The predicted octanol–water partition coefficient (Wildman–Crippen LogP) is 0.791. The first-order chi connectivity index (χ1) is 6.56. The van der Waals surface area contributed by atoms with Gasteiger partial charge in [-0.3, -0.25) is 0 Å². The quantitative estimate of drug-likeness (QED) is 0.739. The fraction of sp³-hybridized carbons (Fsp3) is 1.00. The lowest BCUT2D eigenvalue weighted by Crippen LogP contribution is -2.45. The summed E-state index contributed by atoms with van der Waals surface area (Å²) >= 11 is 5.43. The van der Waals surface area contributed by atoms with Gasteiger partial charge in [0.2, 0.25) is 0 Å². The second kappa shape index (κ2) is 5.30. The molecule has 0 bridgehead atoms. The third-order valence-corrected chi connectivity index (χ3v) is 4.11. The molecule has 0 radical (unpaired) electrons. The summed E-state index contributed by atoms with van der Waals surface area (Å²) in [4.78, 5) is 0. The highest BCUT2D eigenvalue weighted by Crippen LogP contribution is 2.17. The van der Waals surface area contributed by atoms with Gasteiger partial charge in [0, 0.05) is 25.5 Å². The summed E-state index contributed by atoms with van der Waals surface area (Å²) in [5.41, 5.74) is 0. The number of hydrogen-bond acceptors (Lipinski definition) is 2. The maximum absolute atomic E-state index is 11.6. The van der Waals surface area contributed by atoms with Crippen LogP contribution in [0.3, 0.4) is 0 Å². The summed E-state index contributed by atoms with van der Waals surface area (Å²) in [5.74, 6) is 0.763. The van der Waals surface area contributed by atoms with Crippen LogP contribution >= 0.6 is 11.6 Å². The number of hydrogen-bond donors (Lipinski definition) is 1. The fourth-order valence-electron chi connectivity index (χ4n) is 1.62. The lowest BCUT2D eigenvalue weighted by atomic mass is 10.0. The molecule has 1 rings (SSSR count). The topological polar surface area (TPSA) is 49.4 Å². The lowest BCUT2D eigenvalue weighted by molar-refractivity contribution is 0.278. The minimum Gasteiger partial charge on any atom is -0.201 e. The molecule has 84 valence electrons. The molecular formula is C8H17ClN2O2S. The second-order valence-corrected chi connectivity index (χ2v) is 5.83. The summed E-state index contributed by atoms with van der Waals surface area (Å²) in [5, 5.41) is 0. The third kappa shape index (κ3) is 3.38. The summed E-state index contributed by atoms with van der Waals surface area (Å²) < 4.78 is 27.3. The molecule has 1 unspecified atom stereocenters. The summed E-state index contributed by atoms with van der Waals surface area (Å²) in [7, 11) is -3.28. The molecule has 1 saturated heterocycles. The first-order valence-corrected chi connectivity index (χ1v) is 6.84. The summed E-state index contributed by atoms with van der Waals surface area (Å²) in [6.07, 6.45) is 2.06. The third-order valence-electron chi connectivity index (χ3n) is 2.34. The smallest absolute Gasteiger partial charge is 0.201 e. The van der Waals surface area contributed by atoms with E-state index in [2.05, 4.69) is 11.6 Å². The van der Waals surface area contributed by atoms with E-state index in [1.165, 1.54) is 4.31 Å². The van der Waals surface area contributed by atoms with Crippen LogP contribution in [0.5, 0.6) is 0 Å². The molecule has 0 aromatic rings. The zero-order valence-corrected chi connectivity index (χ0v) is 9.94. The summed E-state index contributed by atoms with van der Waals surface area (Å²) in [6.45, 7) is 3.62. The number of piperidine rings is 1. The highest BCUT2D eigenvalue weighted by molar-refractivity contribution is 7.87. The standard InChI is InChI=1S/C8H17ClN2O2S/c1-8-3-2-6-11(7-8)14(12,13)10-5-4-9/h8,10H,2-7H2,1H3. The highest BCUT2D eigenvalue weighted by Gasteiger charge is 2.26. The van der Waals surface area contributed by atoms with Gasteiger partial charge < -0.3 is 0 Å². The molecule has 1 aliphatic heterocycles. The molecular weight excluding hydrogens is 224 g/mol. The van der Waals surface area contributed by atoms with Crippen molar-refractivity contribution in [2.24, 2.45) is 5.92 Å². The van der Waals surface area contributed by atoms with Crippen LogP contribution in [0.4, 0.5) is 0 Å². The van der Waals surface area contributed by atoms with E-state index in [0.29, 0.717) is 31.4 Å². The first-order valence-electron chi connectivity index (χ1n) is 4.87. The Morgan fingerprint density at radius 3 is 2.86 bits per heavy atom. The molecule has 0 spiro atoms. The Hall–Kier alpha value is 0.160. The average Bonchev–Trinajstić information content (AvgIpc) is 2.15. The zero-order chi connectivity index (χ0) is 10.6. The van der Waals surface area contributed by atoms with E-state index < -0.39 is 10.2 Å². The van der Waals surface area contributed by atoms with Crippen LogP contribution in [0.15, 0.2) is 0 Å². The summed E-state index contributed by atoms with van der Waals surface area (Å²) in [6, 6.07) is 0. The Morgan fingerprint density at radius 1 is 1.57 bits per heavy atom. The number of nitrogens with one attached hydrogen (secondary N) is 1. The largest absolute Gasteiger partial charge is 0.279 e. The molecule has 1 N–H and O–H groups in total. The number of alkyl halides is 1. The van der Waals surface area contributed by atoms with Gasteiger partial charge in [0.05, 0.1) is 0 Å². The van der Waals surface area contributed by atoms with Crippen LogP contribution < -0.4 is 4.72 Å². The van der Waals surface area contributed by atoms with Gasteiger partial charge in [-0.05, 0) is 18.8 Å². The van der Waals surface area contributed by atoms with Crippen molar-refractivity contribution in [3.05, 3.63) is 0 Å². The van der Waals surface area contributed by atoms with Crippen molar-refractivity contribution in [3.63, 3.8) is 0 Å². The Labute approximate surface area is 90.8 Å². The number of nitrogens with zero attached hydrogens (tertiary/aromatic N) is 1. The molecule has 0 aliphatic carbocycles. The van der Waals surface area contributed by atoms with Crippen molar-refractivity contribution < 1.29 is 8.42 Å². The average molecular weight is 241 g/mol. The fourth-order valence-corrected chi connectivity index (χ4v) is 3.19. The monoisotopic (exact) mass is 240 g/mol. The Bertz CT molecular complexity index is 269. The molecule has 1 aliphatic rings. The first kappa shape index (κ1) is 12.2. The molecule has 1 atom stereocenters. The molecule has 0 saturated carbocycles. The van der Waals surface area contributed by atoms with E-state index in [4.69, 9.17) is 11.6 Å². The maximum Gasteiger partial charge on any atom is 0.279 e. The van der Waals surface area contributed by atoms with E-state index >= 15 is 0 Å². The van der Waals surface area contributed by atoms with Crippen molar-refractivity contribution in [2.75, 3.05) is 25.5 Å². The van der Waals surface area contributed by atoms with E-state index in [1.807, 2.05) is 0 Å². The molecule has 6 heteroatoms. The minimum absolute atomic E-state index is 0.300. The number of halogens is 1.